The molecule has 0 N–H and O–H groups in total. The number of benzene rings is 1. The molecule has 0 aliphatic rings. The maximum atomic E-state index is 14.2. The van der Waals surface area contributed by atoms with Crippen LogP contribution in [0.2, 0.25) is 0 Å². The van der Waals surface area contributed by atoms with Gasteiger partial charge in [0.1, 0.15) is 0 Å². The lowest BCUT2D eigenvalue weighted by atomic mass is 10.3. The van der Waals surface area contributed by atoms with Crippen LogP contribution in [0.4, 0.5) is 18.9 Å². The highest BCUT2D eigenvalue weighted by Gasteiger charge is 2.32. The van der Waals surface area contributed by atoms with Crippen LogP contribution in [0.5, 0.6) is 6.01 Å². The van der Waals surface area contributed by atoms with Crippen molar-refractivity contribution in [1.29, 1.82) is 0 Å². The molecule has 8 nitrogen and oxygen atoms in total. The third-order valence-electron chi connectivity index (χ3n) is 2.92. The fourth-order valence-corrected chi connectivity index (χ4v) is 2.77. The zero-order chi connectivity index (χ0) is 17.5. The Labute approximate surface area is 133 Å². The van der Waals surface area contributed by atoms with Crippen LogP contribution in [0.3, 0.4) is 0 Å². The van der Waals surface area contributed by atoms with Gasteiger partial charge in [0.25, 0.3) is 11.1 Å². The first kappa shape index (κ1) is 16.0. The SMILES string of the molecule is COc1nc(F)c(F)c2nc(S(=O)(=O)N(F)c3ccccc3)nn12. The van der Waals surface area contributed by atoms with Gasteiger partial charge in [-0.2, -0.15) is 31.7 Å². The zero-order valence-corrected chi connectivity index (χ0v) is 12.7. The molecule has 0 unspecified atom stereocenters. The molecule has 0 saturated heterocycles. The van der Waals surface area contributed by atoms with Crippen molar-refractivity contribution >= 4 is 21.4 Å². The Hall–Kier alpha value is -2.89. The molecule has 12 heteroatoms. The second-order valence-electron chi connectivity index (χ2n) is 4.39. The van der Waals surface area contributed by atoms with Crippen LogP contribution in [-0.2, 0) is 10.0 Å². The molecule has 1 aromatic carbocycles. The molecular formula is C12H8F3N5O3S. The van der Waals surface area contributed by atoms with Crippen molar-refractivity contribution in [2.75, 3.05) is 11.6 Å². The Balaban J connectivity index is 2.17. The Kier molecular flexibility index (Phi) is 3.75. The average Bonchev–Trinajstić information content (AvgIpc) is 3.04. The van der Waals surface area contributed by atoms with Gasteiger partial charge in [-0.15, -0.1) is 5.10 Å². The largest absolute Gasteiger partial charge is 0.467 e. The molecule has 0 amide bonds. The lowest BCUT2D eigenvalue weighted by Crippen LogP contribution is -2.23. The smallest absolute Gasteiger partial charge is 0.328 e. The quantitative estimate of drug-likeness (QED) is 0.518. The monoisotopic (exact) mass is 359 g/mol. The van der Waals surface area contributed by atoms with Gasteiger partial charge >= 0.3 is 16.0 Å². The van der Waals surface area contributed by atoms with Crippen LogP contribution in [0, 0.1) is 11.8 Å². The van der Waals surface area contributed by atoms with Gasteiger partial charge in [-0.3, -0.25) is 0 Å². The van der Waals surface area contributed by atoms with E-state index in [4.69, 9.17) is 0 Å². The number of hydrogen-bond donors (Lipinski definition) is 0. The molecule has 2 aromatic heterocycles. The Morgan fingerprint density at radius 1 is 1.17 bits per heavy atom. The molecule has 0 aliphatic heterocycles. The van der Waals surface area contributed by atoms with Gasteiger partial charge in [-0.05, 0) is 12.1 Å². The van der Waals surface area contributed by atoms with Crippen molar-refractivity contribution in [1.82, 2.24) is 19.6 Å². The summed E-state index contributed by atoms with van der Waals surface area (Å²) < 4.78 is 70.4. The predicted octanol–water partition coefficient (Wildman–Crippen LogP) is 1.49. The highest BCUT2D eigenvalue weighted by Crippen LogP contribution is 2.24. The minimum atomic E-state index is -4.86. The Bertz CT molecular complexity index is 1010. The number of hydrogen-bond acceptors (Lipinski definition) is 6. The Morgan fingerprint density at radius 2 is 1.83 bits per heavy atom. The molecule has 0 atom stereocenters. The Morgan fingerprint density at radius 3 is 2.46 bits per heavy atom. The molecule has 0 bridgehead atoms. The zero-order valence-electron chi connectivity index (χ0n) is 11.9. The first-order chi connectivity index (χ1) is 11.4. The number of methoxy groups -OCH3 is 1. The van der Waals surface area contributed by atoms with Gasteiger partial charge in [0.2, 0.25) is 11.5 Å². The summed E-state index contributed by atoms with van der Waals surface area (Å²) >= 11 is 0. The summed E-state index contributed by atoms with van der Waals surface area (Å²) in [6.07, 6.45) is 0. The summed E-state index contributed by atoms with van der Waals surface area (Å²) in [5.74, 6) is -3.11. The van der Waals surface area contributed by atoms with E-state index in [0.717, 1.165) is 7.11 Å². The number of ether oxygens (including phenoxy) is 1. The molecule has 3 rings (SSSR count). The fourth-order valence-electron chi connectivity index (χ4n) is 1.84. The van der Waals surface area contributed by atoms with Gasteiger partial charge in [0.15, 0.2) is 0 Å². The molecule has 0 fully saturated rings. The number of nitrogens with zero attached hydrogens (tertiary/aromatic N) is 5. The van der Waals surface area contributed by atoms with E-state index < -0.39 is 43.1 Å². The van der Waals surface area contributed by atoms with Gasteiger partial charge in [-0.25, -0.2) is 0 Å². The summed E-state index contributed by atoms with van der Waals surface area (Å²) in [5.41, 5.74) is -1.12. The summed E-state index contributed by atoms with van der Waals surface area (Å²) in [6, 6.07) is 6.21. The van der Waals surface area contributed by atoms with Crippen molar-refractivity contribution < 1.29 is 26.4 Å². The average molecular weight is 359 g/mol. The number of aromatic nitrogens is 4. The lowest BCUT2D eigenvalue weighted by Gasteiger charge is -2.10. The standard InChI is InChI=1S/C12H8F3N5O3S/c1-23-12-16-9(14)8(13)10-17-11(18-19(10)12)24(21,22)20(15)7-5-3-2-4-6-7/h2-6H,1H3. The van der Waals surface area contributed by atoms with E-state index in [9.17, 15) is 21.7 Å². The minimum absolute atomic E-state index is 0.312. The molecule has 24 heavy (non-hydrogen) atoms. The van der Waals surface area contributed by atoms with Crippen molar-refractivity contribution in [3.05, 3.63) is 42.1 Å². The molecule has 0 spiro atoms. The molecule has 0 radical (unpaired) electrons. The third kappa shape index (κ3) is 2.40. The predicted molar refractivity (Wildman–Crippen MR) is 74.5 cm³/mol. The molecule has 2 heterocycles. The van der Waals surface area contributed by atoms with E-state index >= 15 is 0 Å². The highest BCUT2D eigenvalue weighted by molar-refractivity contribution is 7.92. The molecule has 3 aromatic rings. The van der Waals surface area contributed by atoms with Gasteiger partial charge < -0.3 is 4.74 Å². The van der Waals surface area contributed by atoms with Crippen LogP contribution >= 0.6 is 0 Å². The van der Waals surface area contributed by atoms with Crippen LogP contribution in [-0.4, -0.2) is 35.1 Å². The number of rotatable bonds is 4. The molecular weight excluding hydrogens is 351 g/mol. The van der Waals surface area contributed by atoms with Crippen molar-refractivity contribution in [2.45, 2.75) is 5.16 Å². The maximum Gasteiger partial charge on any atom is 0.328 e. The first-order valence-corrected chi connectivity index (χ1v) is 7.72. The number of halogens is 3. The fraction of sp³-hybridized carbons (Fsp3) is 0.0833. The topological polar surface area (TPSA) is 89.7 Å². The minimum Gasteiger partial charge on any atom is -0.467 e. The van der Waals surface area contributed by atoms with Gasteiger partial charge in [0, 0.05) is 0 Å². The summed E-state index contributed by atoms with van der Waals surface area (Å²) in [6.45, 7) is 0. The van der Waals surface area contributed by atoms with E-state index in [1.165, 1.54) is 24.3 Å². The number of para-hydroxylation sites is 1. The molecule has 0 aliphatic carbocycles. The van der Waals surface area contributed by atoms with Crippen LogP contribution in [0.1, 0.15) is 0 Å². The number of fused-ring (bicyclic) bond motifs is 1. The van der Waals surface area contributed by atoms with Gasteiger partial charge in [0.05, 0.1) is 12.8 Å². The highest BCUT2D eigenvalue weighted by atomic mass is 32.2. The number of anilines is 1. The normalized spacial score (nSPS) is 11.7. The van der Waals surface area contributed by atoms with Crippen molar-refractivity contribution in [3.63, 3.8) is 0 Å². The summed E-state index contributed by atoms with van der Waals surface area (Å²) in [5, 5.41) is 2.36. The van der Waals surface area contributed by atoms with E-state index in [2.05, 4.69) is 19.8 Å². The second kappa shape index (κ2) is 5.63. The van der Waals surface area contributed by atoms with Crippen molar-refractivity contribution in [3.8, 4) is 6.01 Å². The van der Waals surface area contributed by atoms with E-state index in [-0.39, 0.29) is 5.69 Å². The van der Waals surface area contributed by atoms with Gasteiger partial charge in [-0.1, -0.05) is 27.2 Å². The second-order valence-corrected chi connectivity index (χ2v) is 6.02. The van der Waals surface area contributed by atoms with Crippen LogP contribution in [0.25, 0.3) is 5.65 Å². The lowest BCUT2D eigenvalue weighted by molar-refractivity contribution is 0.346. The van der Waals surface area contributed by atoms with E-state index in [1.807, 2.05) is 0 Å². The maximum absolute atomic E-state index is 14.2. The van der Waals surface area contributed by atoms with E-state index in [0.29, 0.717) is 4.52 Å². The molecule has 126 valence electrons. The van der Waals surface area contributed by atoms with Crippen LogP contribution in [0.15, 0.2) is 35.5 Å². The summed E-state index contributed by atoms with van der Waals surface area (Å²) in [4.78, 5) is 6.46. The third-order valence-corrected chi connectivity index (χ3v) is 4.19. The van der Waals surface area contributed by atoms with Crippen molar-refractivity contribution in [2.24, 2.45) is 0 Å². The van der Waals surface area contributed by atoms with E-state index in [1.54, 1.807) is 6.07 Å². The summed E-state index contributed by atoms with van der Waals surface area (Å²) in [7, 11) is -3.77. The molecule has 0 saturated carbocycles. The first-order valence-electron chi connectivity index (χ1n) is 6.28. The number of sulfonamides is 1. The van der Waals surface area contributed by atoms with Crippen LogP contribution < -0.4 is 9.26 Å².